The van der Waals surface area contributed by atoms with Crippen LogP contribution < -0.4 is 10.6 Å². The number of rotatable bonds is 7. The van der Waals surface area contributed by atoms with Crippen LogP contribution in [0.1, 0.15) is 35.6 Å². The highest BCUT2D eigenvalue weighted by Gasteiger charge is 2.30. The minimum atomic E-state index is -4.41. The van der Waals surface area contributed by atoms with Gasteiger partial charge in [0.05, 0.1) is 5.56 Å². The first-order valence-corrected chi connectivity index (χ1v) is 7.85. The van der Waals surface area contributed by atoms with E-state index in [1.807, 2.05) is 0 Å². The van der Waals surface area contributed by atoms with Crippen molar-refractivity contribution in [2.24, 2.45) is 5.92 Å². The number of halogens is 3. The molecule has 0 atom stereocenters. The fourth-order valence-corrected chi connectivity index (χ4v) is 2.15. The quantitative estimate of drug-likeness (QED) is 0.667. The lowest BCUT2D eigenvalue weighted by Gasteiger charge is -2.09. The second-order valence-electron chi connectivity index (χ2n) is 5.99. The molecule has 25 heavy (non-hydrogen) atoms. The van der Waals surface area contributed by atoms with Gasteiger partial charge in [0.25, 0.3) is 5.91 Å². The van der Waals surface area contributed by atoms with Gasteiger partial charge in [0.15, 0.2) is 0 Å². The Labute approximate surface area is 143 Å². The number of hydrogen-bond acceptors (Lipinski definition) is 4. The number of hydrogen-bond donors (Lipinski definition) is 3. The first kappa shape index (κ1) is 18.8. The Morgan fingerprint density at radius 2 is 2.04 bits per heavy atom. The van der Waals surface area contributed by atoms with E-state index in [0.717, 1.165) is 24.4 Å². The van der Waals surface area contributed by atoms with Crippen LogP contribution in [-0.2, 0) is 12.6 Å². The Bertz CT molecular complexity index is 695. The number of anilines is 1. The van der Waals surface area contributed by atoms with Gasteiger partial charge in [-0.25, -0.2) is 4.98 Å². The molecule has 0 fully saturated rings. The van der Waals surface area contributed by atoms with E-state index in [4.69, 9.17) is 0 Å². The van der Waals surface area contributed by atoms with Gasteiger partial charge in [-0.2, -0.15) is 18.3 Å². The Morgan fingerprint density at radius 1 is 1.28 bits per heavy atom. The number of aromatic amines is 1. The Morgan fingerprint density at radius 3 is 2.64 bits per heavy atom. The summed E-state index contributed by atoms with van der Waals surface area (Å²) < 4.78 is 37.3. The SMILES string of the molecule is CC(C)Cc1cc(C(=O)NCCNc2ccc(C(F)(F)F)cn2)n[nH]1. The summed E-state index contributed by atoms with van der Waals surface area (Å²) in [6.45, 7) is 4.75. The molecule has 0 aliphatic carbocycles. The molecule has 3 N–H and O–H groups in total. The largest absolute Gasteiger partial charge is 0.417 e. The molecular weight excluding hydrogens is 335 g/mol. The highest BCUT2D eigenvalue weighted by Crippen LogP contribution is 2.28. The summed E-state index contributed by atoms with van der Waals surface area (Å²) in [6.07, 6.45) is -2.83. The summed E-state index contributed by atoms with van der Waals surface area (Å²) in [5.41, 5.74) is 0.401. The molecule has 0 saturated heterocycles. The van der Waals surface area contributed by atoms with Crippen molar-refractivity contribution in [3.8, 4) is 0 Å². The molecule has 0 saturated carbocycles. The number of pyridine rings is 1. The van der Waals surface area contributed by atoms with E-state index in [-0.39, 0.29) is 12.5 Å². The number of alkyl halides is 3. The maximum Gasteiger partial charge on any atom is 0.417 e. The molecule has 0 aromatic carbocycles. The molecule has 0 aliphatic heterocycles. The average molecular weight is 355 g/mol. The number of carbonyl (C=O) groups excluding carboxylic acids is 1. The van der Waals surface area contributed by atoms with Crippen LogP contribution in [0.25, 0.3) is 0 Å². The molecule has 136 valence electrons. The van der Waals surface area contributed by atoms with Crippen molar-refractivity contribution in [1.29, 1.82) is 0 Å². The van der Waals surface area contributed by atoms with Crippen LogP contribution in [0.5, 0.6) is 0 Å². The van der Waals surface area contributed by atoms with Gasteiger partial charge < -0.3 is 10.6 Å². The summed E-state index contributed by atoms with van der Waals surface area (Å²) in [5.74, 6) is 0.450. The van der Waals surface area contributed by atoms with Crippen LogP contribution in [0.3, 0.4) is 0 Å². The zero-order valence-electron chi connectivity index (χ0n) is 13.9. The maximum absolute atomic E-state index is 12.4. The first-order valence-electron chi connectivity index (χ1n) is 7.85. The third kappa shape index (κ3) is 5.77. The Hall–Kier alpha value is -2.58. The molecule has 0 bridgehead atoms. The molecule has 9 heteroatoms. The molecule has 2 heterocycles. The fraction of sp³-hybridized carbons (Fsp3) is 0.438. The standard InChI is InChI=1S/C16H20F3N5O/c1-10(2)7-12-8-13(24-23-12)15(25)21-6-5-20-14-4-3-11(9-22-14)16(17,18)19/h3-4,8-10H,5-7H2,1-2H3,(H,20,22)(H,21,25)(H,23,24). The minimum Gasteiger partial charge on any atom is -0.368 e. The smallest absolute Gasteiger partial charge is 0.368 e. The molecule has 2 rings (SSSR count). The lowest BCUT2D eigenvalue weighted by molar-refractivity contribution is -0.137. The molecule has 0 unspecified atom stereocenters. The molecule has 1 amide bonds. The van der Waals surface area contributed by atoms with Gasteiger partial charge in [-0.3, -0.25) is 9.89 Å². The second kappa shape index (κ2) is 8.00. The van der Waals surface area contributed by atoms with Crippen molar-refractivity contribution < 1.29 is 18.0 Å². The van der Waals surface area contributed by atoms with Gasteiger partial charge in [0, 0.05) is 25.0 Å². The van der Waals surface area contributed by atoms with Crippen molar-refractivity contribution >= 4 is 11.7 Å². The van der Waals surface area contributed by atoms with Gasteiger partial charge in [-0.05, 0) is 30.5 Å². The number of aromatic nitrogens is 3. The predicted octanol–water partition coefficient (Wildman–Crippen LogP) is 2.86. The summed E-state index contributed by atoms with van der Waals surface area (Å²) in [5, 5.41) is 12.3. The average Bonchev–Trinajstić information content (AvgIpc) is 2.98. The zero-order valence-corrected chi connectivity index (χ0v) is 13.9. The number of H-pyrrole nitrogens is 1. The van der Waals surface area contributed by atoms with E-state index >= 15 is 0 Å². The van der Waals surface area contributed by atoms with Crippen molar-refractivity contribution in [2.75, 3.05) is 18.4 Å². The van der Waals surface area contributed by atoms with Crippen LogP contribution >= 0.6 is 0 Å². The first-order chi connectivity index (χ1) is 11.8. The molecule has 6 nitrogen and oxygen atoms in total. The van der Waals surface area contributed by atoms with E-state index in [0.29, 0.717) is 24.0 Å². The van der Waals surface area contributed by atoms with Crippen LogP contribution in [-0.4, -0.2) is 34.2 Å². The number of carbonyl (C=O) groups is 1. The van der Waals surface area contributed by atoms with Crippen molar-refractivity contribution in [1.82, 2.24) is 20.5 Å². The lowest BCUT2D eigenvalue weighted by Crippen LogP contribution is -2.29. The normalized spacial score (nSPS) is 11.6. The molecular formula is C16H20F3N5O. The summed E-state index contributed by atoms with van der Waals surface area (Å²) in [7, 11) is 0. The van der Waals surface area contributed by atoms with Gasteiger partial charge in [-0.1, -0.05) is 13.8 Å². The number of nitrogens with zero attached hydrogens (tertiary/aromatic N) is 2. The minimum absolute atomic E-state index is 0.286. The lowest BCUT2D eigenvalue weighted by atomic mass is 10.1. The van der Waals surface area contributed by atoms with E-state index in [9.17, 15) is 18.0 Å². The molecule has 0 aliphatic rings. The van der Waals surface area contributed by atoms with Crippen LogP contribution in [0, 0.1) is 5.92 Å². The van der Waals surface area contributed by atoms with Crippen molar-refractivity contribution in [3.05, 3.63) is 41.3 Å². The number of nitrogens with one attached hydrogen (secondary N) is 3. The number of amides is 1. The van der Waals surface area contributed by atoms with Crippen molar-refractivity contribution in [3.63, 3.8) is 0 Å². The predicted molar refractivity (Wildman–Crippen MR) is 87.2 cm³/mol. The summed E-state index contributed by atoms with van der Waals surface area (Å²) in [4.78, 5) is 15.6. The van der Waals surface area contributed by atoms with E-state index in [1.165, 1.54) is 6.07 Å². The zero-order chi connectivity index (χ0) is 18.4. The maximum atomic E-state index is 12.4. The Kier molecular flexibility index (Phi) is 6.00. The Balaban J connectivity index is 1.75. The molecule has 0 radical (unpaired) electrons. The van der Waals surface area contributed by atoms with Gasteiger partial charge in [0.2, 0.25) is 0 Å². The van der Waals surface area contributed by atoms with Gasteiger partial charge in [-0.15, -0.1) is 0 Å². The van der Waals surface area contributed by atoms with Crippen LogP contribution in [0.15, 0.2) is 24.4 Å². The summed E-state index contributed by atoms with van der Waals surface area (Å²) in [6, 6.07) is 3.91. The highest BCUT2D eigenvalue weighted by molar-refractivity contribution is 5.92. The third-order valence-corrected chi connectivity index (χ3v) is 3.30. The van der Waals surface area contributed by atoms with Gasteiger partial charge in [0.1, 0.15) is 11.5 Å². The molecule has 2 aromatic heterocycles. The highest BCUT2D eigenvalue weighted by atomic mass is 19.4. The van der Waals surface area contributed by atoms with Crippen LogP contribution in [0.4, 0.5) is 19.0 Å². The fourth-order valence-electron chi connectivity index (χ4n) is 2.15. The second-order valence-corrected chi connectivity index (χ2v) is 5.99. The van der Waals surface area contributed by atoms with E-state index < -0.39 is 11.7 Å². The van der Waals surface area contributed by atoms with E-state index in [2.05, 4.69) is 39.7 Å². The van der Waals surface area contributed by atoms with E-state index in [1.54, 1.807) is 6.07 Å². The van der Waals surface area contributed by atoms with Crippen molar-refractivity contribution in [2.45, 2.75) is 26.4 Å². The topological polar surface area (TPSA) is 82.7 Å². The third-order valence-electron chi connectivity index (χ3n) is 3.30. The monoisotopic (exact) mass is 355 g/mol. The molecule has 0 spiro atoms. The molecule has 2 aromatic rings. The van der Waals surface area contributed by atoms with Crippen LogP contribution in [0.2, 0.25) is 0 Å². The van der Waals surface area contributed by atoms with Gasteiger partial charge >= 0.3 is 6.18 Å². The summed E-state index contributed by atoms with van der Waals surface area (Å²) >= 11 is 0.